The standard InChI is InChI=1S/C19H23BrN2O2/c1-3-22(4-2)12-15-7-10-18(24-15)19(23)21-17-9-5-13-11-14(20)6-8-16(13)17/h6-8,10-11,17H,3-5,9,12H2,1-2H3,(H,21,23)/t17-/m0/s1. The van der Waals surface area contributed by atoms with Crippen molar-refractivity contribution in [1.82, 2.24) is 10.2 Å². The highest BCUT2D eigenvalue weighted by Gasteiger charge is 2.25. The molecule has 1 heterocycles. The SMILES string of the molecule is CCN(CC)Cc1ccc(C(=O)N[C@H]2CCc3cc(Br)ccc32)o1. The summed E-state index contributed by atoms with van der Waals surface area (Å²) in [6.45, 7) is 6.91. The Hall–Kier alpha value is -1.59. The zero-order valence-corrected chi connectivity index (χ0v) is 15.7. The molecule has 1 atom stereocenters. The second-order valence-corrected chi connectivity index (χ2v) is 7.05. The molecule has 1 aromatic carbocycles. The van der Waals surface area contributed by atoms with Gasteiger partial charge in [-0.3, -0.25) is 9.69 Å². The molecule has 0 saturated heterocycles. The number of nitrogens with one attached hydrogen (secondary N) is 1. The van der Waals surface area contributed by atoms with E-state index < -0.39 is 0 Å². The van der Waals surface area contributed by atoms with Crippen molar-refractivity contribution in [3.63, 3.8) is 0 Å². The molecule has 3 rings (SSSR count). The number of carbonyl (C=O) groups excluding carboxylic acids is 1. The number of carbonyl (C=O) groups is 1. The lowest BCUT2D eigenvalue weighted by molar-refractivity contribution is 0.0905. The first-order valence-corrected chi connectivity index (χ1v) is 9.30. The number of aryl methyl sites for hydroxylation is 1. The molecule has 1 aliphatic rings. The fraction of sp³-hybridized carbons (Fsp3) is 0.421. The molecular weight excluding hydrogens is 368 g/mol. The van der Waals surface area contributed by atoms with E-state index in [4.69, 9.17) is 4.42 Å². The summed E-state index contributed by atoms with van der Waals surface area (Å²) < 4.78 is 6.82. The summed E-state index contributed by atoms with van der Waals surface area (Å²) in [5.41, 5.74) is 2.51. The van der Waals surface area contributed by atoms with Gasteiger partial charge in [0.2, 0.25) is 0 Å². The third-order valence-corrected chi connectivity index (χ3v) is 5.14. The molecule has 0 fully saturated rings. The highest BCUT2D eigenvalue weighted by molar-refractivity contribution is 9.10. The molecule has 1 aliphatic carbocycles. The molecule has 5 heteroatoms. The predicted molar refractivity (Wildman–Crippen MR) is 98.0 cm³/mol. The number of fused-ring (bicyclic) bond motifs is 1. The van der Waals surface area contributed by atoms with Crippen molar-refractivity contribution in [1.29, 1.82) is 0 Å². The van der Waals surface area contributed by atoms with E-state index >= 15 is 0 Å². The zero-order chi connectivity index (χ0) is 17.1. The minimum absolute atomic E-state index is 0.0666. The molecular formula is C19H23BrN2O2. The molecule has 1 N–H and O–H groups in total. The molecule has 0 bridgehead atoms. The Morgan fingerprint density at radius 3 is 2.83 bits per heavy atom. The fourth-order valence-corrected chi connectivity index (χ4v) is 3.63. The van der Waals surface area contributed by atoms with E-state index in [9.17, 15) is 4.79 Å². The molecule has 4 nitrogen and oxygen atoms in total. The molecule has 0 spiro atoms. The largest absolute Gasteiger partial charge is 0.455 e. The first-order chi connectivity index (χ1) is 11.6. The smallest absolute Gasteiger partial charge is 0.287 e. The van der Waals surface area contributed by atoms with E-state index in [0.29, 0.717) is 5.76 Å². The first kappa shape index (κ1) is 17.2. The maximum absolute atomic E-state index is 12.5. The van der Waals surface area contributed by atoms with Crippen LogP contribution in [-0.2, 0) is 13.0 Å². The number of furan rings is 1. The van der Waals surface area contributed by atoms with E-state index in [-0.39, 0.29) is 11.9 Å². The molecule has 1 aromatic heterocycles. The number of halogens is 1. The number of nitrogens with zero attached hydrogens (tertiary/aromatic N) is 1. The van der Waals surface area contributed by atoms with Crippen molar-refractivity contribution in [3.05, 3.63) is 57.5 Å². The first-order valence-electron chi connectivity index (χ1n) is 8.51. The molecule has 2 aromatic rings. The number of benzene rings is 1. The van der Waals surface area contributed by atoms with E-state index in [2.05, 4.69) is 52.1 Å². The van der Waals surface area contributed by atoms with Crippen molar-refractivity contribution in [2.75, 3.05) is 13.1 Å². The third-order valence-electron chi connectivity index (χ3n) is 4.65. The second-order valence-electron chi connectivity index (χ2n) is 6.14. The summed E-state index contributed by atoms with van der Waals surface area (Å²) in [5, 5.41) is 3.10. The highest BCUT2D eigenvalue weighted by Crippen LogP contribution is 2.33. The normalized spacial score (nSPS) is 16.4. The Labute approximate surface area is 151 Å². The second kappa shape index (κ2) is 7.53. The van der Waals surface area contributed by atoms with E-state index in [0.717, 1.165) is 42.7 Å². The van der Waals surface area contributed by atoms with Gasteiger partial charge in [0.15, 0.2) is 5.76 Å². The van der Waals surface area contributed by atoms with Crippen molar-refractivity contribution in [3.8, 4) is 0 Å². The van der Waals surface area contributed by atoms with Gasteiger partial charge in [-0.1, -0.05) is 35.8 Å². The van der Waals surface area contributed by atoms with Crippen LogP contribution in [0.2, 0.25) is 0 Å². The van der Waals surface area contributed by atoms with Gasteiger partial charge in [0.05, 0.1) is 12.6 Å². The van der Waals surface area contributed by atoms with Crippen LogP contribution in [0.25, 0.3) is 0 Å². The summed E-state index contributed by atoms with van der Waals surface area (Å²) in [4.78, 5) is 14.7. The number of rotatable bonds is 6. The van der Waals surface area contributed by atoms with Crippen LogP contribution in [0.15, 0.2) is 39.2 Å². The van der Waals surface area contributed by atoms with E-state index in [1.807, 2.05) is 12.1 Å². The van der Waals surface area contributed by atoms with Crippen LogP contribution in [0, 0.1) is 0 Å². The van der Waals surface area contributed by atoms with Crippen molar-refractivity contribution in [2.45, 2.75) is 39.3 Å². The minimum Gasteiger partial charge on any atom is -0.455 e. The average molecular weight is 391 g/mol. The Morgan fingerprint density at radius 2 is 2.08 bits per heavy atom. The minimum atomic E-state index is -0.137. The summed E-state index contributed by atoms with van der Waals surface area (Å²) >= 11 is 3.50. The van der Waals surface area contributed by atoms with Crippen molar-refractivity contribution in [2.24, 2.45) is 0 Å². The van der Waals surface area contributed by atoms with Crippen LogP contribution < -0.4 is 5.32 Å². The summed E-state index contributed by atoms with van der Waals surface area (Å²) in [6, 6.07) is 9.98. The molecule has 0 saturated carbocycles. The van der Waals surface area contributed by atoms with E-state index in [1.54, 1.807) is 6.07 Å². The molecule has 128 valence electrons. The Morgan fingerprint density at radius 1 is 1.29 bits per heavy atom. The molecule has 0 radical (unpaired) electrons. The lowest BCUT2D eigenvalue weighted by Gasteiger charge is -2.16. The van der Waals surface area contributed by atoms with Crippen LogP contribution in [0.1, 0.15) is 53.8 Å². The Bertz CT molecular complexity index is 722. The van der Waals surface area contributed by atoms with Gasteiger partial charge in [-0.2, -0.15) is 0 Å². The predicted octanol–water partition coefficient (Wildman–Crippen LogP) is 4.30. The maximum Gasteiger partial charge on any atom is 0.287 e. The maximum atomic E-state index is 12.5. The van der Waals surface area contributed by atoms with E-state index in [1.165, 1.54) is 11.1 Å². The number of hydrogen-bond donors (Lipinski definition) is 1. The van der Waals surface area contributed by atoms with Gasteiger partial charge in [0, 0.05) is 4.47 Å². The Balaban J connectivity index is 1.65. The fourth-order valence-electron chi connectivity index (χ4n) is 3.22. The van der Waals surface area contributed by atoms with Gasteiger partial charge in [-0.15, -0.1) is 0 Å². The third kappa shape index (κ3) is 3.73. The lowest BCUT2D eigenvalue weighted by Crippen LogP contribution is -2.26. The Kier molecular flexibility index (Phi) is 5.41. The highest BCUT2D eigenvalue weighted by atomic mass is 79.9. The van der Waals surface area contributed by atoms with Crippen molar-refractivity contribution < 1.29 is 9.21 Å². The van der Waals surface area contributed by atoms with Gasteiger partial charge in [0.25, 0.3) is 5.91 Å². The molecule has 0 unspecified atom stereocenters. The van der Waals surface area contributed by atoms with Gasteiger partial charge >= 0.3 is 0 Å². The van der Waals surface area contributed by atoms with Crippen LogP contribution in [0.4, 0.5) is 0 Å². The molecule has 24 heavy (non-hydrogen) atoms. The lowest BCUT2D eigenvalue weighted by atomic mass is 10.1. The van der Waals surface area contributed by atoms with Crippen LogP contribution in [0.3, 0.4) is 0 Å². The molecule has 0 aliphatic heterocycles. The monoisotopic (exact) mass is 390 g/mol. The topological polar surface area (TPSA) is 45.5 Å². The van der Waals surface area contributed by atoms with Crippen LogP contribution >= 0.6 is 15.9 Å². The quantitative estimate of drug-likeness (QED) is 0.799. The number of amides is 1. The zero-order valence-electron chi connectivity index (χ0n) is 14.1. The summed E-state index contributed by atoms with van der Waals surface area (Å²) in [7, 11) is 0. The van der Waals surface area contributed by atoms with Gasteiger partial charge in [-0.25, -0.2) is 0 Å². The van der Waals surface area contributed by atoms with Gasteiger partial charge in [-0.05, 0) is 61.3 Å². The van der Waals surface area contributed by atoms with Crippen molar-refractivity contribution >= 4 is 21.8 Å². The average Bonchev–Trinajstić information content (AvgIpc) is 3.19. The summed E-state index contributed by atoms with van der Waals surface area (Å²) in [6.07, 6.45) is 1.93. The number of hydrogen-bond acceptors (Lipinski definition) is 3. The van der Waals surface area contributed by atoms with Crippen LogP contribution in [-0.4, -0.2) is 23.9 Å². The molecule has 1 amide bonds. The van der Waals surface area contributed by atoms with Gasteiger partial charge < -0.3 is 9.73 Å². The van der Waals surface area contributed by atoms with Crippen LogP contribution in [0.5, 0.6) is 0 Å². The van der Waals surface area contributed by atoms with Gasteiger partial charge in [0.1, 0.15) is 5.76 Å². The summed E-state index contributed by atoms with van der Waals surface area (Å²) in [5.74, 6) is 1.09.